The third kappa shape index (κ3) is 4.72. The third-order valence-electron chi connectivity index (χ3n) is 6.52. The number of rotatable bonds is 4. The number of amides is 1. The summed E-state index contributed by atoms with van der Waals surface area (Å²) in [6.07, 6.45) is 11.1. The summed E-state index contributed by atoms with van der Waals surface area (Å²) in [4.78, 5) is 17.9. The SMILES string of the molecule is CC(C)N1CCC(N2CCCC(C(=O)NC3CCCCC3)C2)CC1. The van der Waals surface area contributed by atoms with Crippen molar-refractivity contribution in [2.75, 3.05) is 26.2 Å². The van der Waals surface area contributed by atoms with Gasteiger partial charge in [-0.2, -0.15) is 0 Å². The van der Waals surface area contributed by atoms with Crippen LogP contribution in [0.4, 0.5) is 0 Å². The van der Waals surface area contributed by atoms with Crippen molar-refractivity contribution in [2.24, 2.45) is 5.92 Å². The first-order chi connectivity index (χ1) is 11.6. The van der Waals surface area contributed by atoms with Crippen LogP contribution in [-0.4, -0.2) is 60.0 Å². The van der Waals surface area contributed by atoms with Crippen molar-refractivity contribution < 1.29 is 4.79 Å². The molecule has 2 aliphatic heterocycles. The lowest BCUT2D eigenvalue weighted by molar-refractivity contribution is -0.128. The van der Waals surface area contributed by atoms with E-state index in [9.17, 15) is 4.79 Å². The molecule has 3 fully saturated rings. The van der Waals surface area contributed by atoms with Crippen molar-refractivity contribution in [3.8, 4) is 0 Å². The molecule has 1 atom stereocenters. The number of piperidine rings is 2. The first-order valence-corrected chi connectivity index (χ1v) is 10.4. The zero-order valence-corrected chi connectivity index (χ0v) is 15.8. The Bertz CT molecular complexity index is 398. The fourth-order valence-corrected chi connectivity index (χ4v) is 4.89. The van der Waals surface area contributed by atoms with Gasteiger partial charge in [0.1, 0.15) is 0 Å². The Labute approximate surface area is 148 Å². The first kappa shape index (κ1) is 18.2. The molecule has 3 aliphatic rings. The zero-order chi connectivity index (χ0) is 16.9. The molecule has 24 heavy (non-hydrogen) atoms. The Morgan fingerprint density at radius 1 is 0.917 bits per heavy atom. The number of nitrogens with one attached hydrogen (secondary N) is 1. The van der Waals surface area contributed by atoms with E-state index in [4.69, 9.17) is 0 Å². The minimum atomic E-state index is 0.226. The molecule has 0 radical (unpaired) electrons. The summed E-state index contributed by atoms with van der Waals surface area (Å²) in [5.41, 5.74) is 0. The fourth-order valence-electron chi connectivity index (χ4n) is 4.89. The normalized spacial score (nSPS) is 29.0. The molecule has 0 bridgehead atoms. The molecule has 4 nitrogen and oxygen atoms in total. The number of likely N-dealkylation sites (tertiary alicyclic amines) is 2. The highest BCUT2D eigenvalue weighted by atomic mass is 16.2. The van der Waals surface area contributed by atoms with Crippen molar-refractivity contribution in [1.82, 2.24) is 15.1 Å². The molecular weight excluding hydrogens is 298 g/mol. The summed E-state index contributed by atoms with van der Waals surface area (Å²) >= 11 is 0. The minimum absolute atomic E-state index is 0.226. The Morgan fingerprint density at radius 3 is 2.29 bits per heavy atom. The summed E-state index contributed by atoms with van der Waals surface area (Å²) in [6, 6.07) is 1.82. The van der Waals surface area contributed by atoms with E-state index in [2.05, 4.69) is 29.0 Å². The Morgan fingerprint density at radius 2 is 1.62 bits per heavy atom. The van der Waals surface area contributed by atoms with E-state index in [0.717, 1.165) is 13.0 Å². The van der Waals surface area contributed by atoms with Gasteiger partial charge in [0.2, 0.25) is 5.91 Å². The lowest BCUT2D eigenvalue weighted by atomic mass is 9.91. The number of nitrogens with zero attached hydrogens (tertiary/aromatic N) is 2. The van der Waals surface area contributed by atoms with Crippen molar-refractivity contribution in [3.05, 3.63) is 0 Å². The molecule has 1 saturated carbocycles. The molecule has 0 spiro atoms. The van der Waals surface area contributed by atoms with E-state index >= 15 is 0 Å². The van der Waals surface area contributed by atoms with E-state index in [-0.39, 0.29) is 5.92 Å². The van der Waals surface area contributed by atoms with Crippen LogP contribution in [0.3, 0.4) is 0 Å². The van der Waals surface area contributed by atoms with Crippen molar-refractivity contribution >= 4 is 5.91 Å². The van der Waals surface area contributed by atoms with Crippen LogP contribution in [-0.2, 0) is 4.79 Å². The quantitative estimate of drug-likeness (QED) is 0.858. The lowest BCUT2D eigenvalue weighted by Crippen LogP contribution is -2.52. The Kier molecular flexibility index (Phi) is 6.56. The average Bonchev–Trinajstić information content (AvgIpc) is 2.63. The molecule has 1 aliphatic carbocycles. The van der Waals surface area contributed by atoms with E-state index in [1.54, 1.807) is 0 Å². The number of hydrogen-bond acceptors (Lipinski definition) is 3. The fraction of sp³-hybridized carbons (Fsp3) is 0.950. The van der Waals surface area contributed by atoms with Gasteiger partial charge in [0.15, 0.2) is 0 Å². The van der Waals surface area contributed by atoms with Crippen LogP contribution in [0.2, 0.25) is 0 Å². The summed E-state index contributed by atoms with van der Waals surface area (Å²) in [6.45, 7) is 9.22. The van der Waals surface area contributed by atoms with Gasteiger partial charge in [-0.1, -0.05) is 19.3 Å². The summed E-state index contributed by atoms with van der Waals surface area (Å²) < 4.78 is 0. The highest BCUT2D eigenvalue weighted by Gasteiger charge is 2.32. The summed E-state index contributed by atoms with van der Waals surface area (Å²) in [5, 5.41) is 3.36. The molecule has 0 aromatic heterocycles. The average molecular weight is 336 g/mol. The van der Waals surface area contributed by atoms with Gasteiger partial charge >= 0.3 is 0 Å². The monoisotopic (exact) mass is 335 g/mol. The third-order valence-corrected chi connectivity index (χ3v) is 6.52. The van der Waals surface area contributed by atoms with Crippen LogP contribution >= 0.6 is 0 Å². The first-order valence-electron chi connectivity index (χ1n) is 10.4. The van der Waals surface area contributed by atoms with Crippen molar-refractivity contribution in [3.63, 3.8) is 0 Å². The molecule has 2 heterocycles. The number of carbonyl (C=O) groups excluding carboxylic acids is 1. The maximum Gasteiger partial charge on any atom is 0.224 e. The second-order valence-electron chi connectivity index (χ2n) is 8.54. The van der Waals surface area contributed by atoms with Crippen LogP contribution in [0, 0.1) is 5.92 Å². The smallest absolute Gasteiger partial charge is 0.224 e. The molecule has 138 valence electrons. The van der Waals surface area contributed by atoms with Gasteiger partial charge in [0.25, 0.3) is 0 Å². The number of hydrogen-bond donors (Lipinski definition) is 1. The lowest BCUT2D eigenvalue weighted by Gasteiger charge is -2.43. The van der Waals surface area contributed by atoms with Crippen LogP contribution < -0.4 is 5.32 Å². The largest absolute Gasteiger partial charge is 0.353 e. The van der Waals surface area contributed by atoms with Gasteiger partial charge in [-0.05, 0) is 72.0 Å². The minimum Gasteiger partial charge on any atom is -0.353 e. The molecular formula is C20H37N3O. The molecule has 3 rings (SSSR count). The van der Waals surface area contributed by atoms with Crippen LogP contribution in [0.1, 0.15) is 71.6 Å². The van der Waals surface area contributed by atoms with Gasteiger partial charge < -0.3 is 10.2 Å². The van der Waals surface area contributed by atoms with Gasteiger partial charge in [-0.25, -0.2) is 0 Å². The second kappa shape index (κ2) is 8.66. The van der Waals surface area contributed by atoms with Crippen LogP contribution in [0.25, 0.3) is 0 Å². The van der Waals surface area contributed by atoms with Gasteiger partial charge in [-0.3, -0.25) is 9.69 Å². The van der Waals surface area contributed by atoms with Crippen molar-refractivity contribution in [1.29, 1.82) is 0 Å². The Hall–Kier alpha value is -0.610. The van der Waals surface area contributed by atoms with E-state index < -0.39 is 0 Å². The van der Waals surface area contributed by atoms with E-state index in [1.165, 1.54) is 71.0 Å². The van der Waals surface area contributed by atoms with Gasteiger partial charge in [0, 0.05) is 24.7 Å². The summed E-state index contributed by atoms with van der Waals surface area (Å²) in [5.74, 6) is 0.565. The molecule has 1 unspecified atom stereocenters. The zero-order valence-electron chi connectivity index (χ0n) is 15.8. The van der Waals surface area contributed by atoms with Crippen LogP contribution in [0.5, 0.6) is 0 Å². The maximum atomic E-state index is 12.7. The van der Waals surface area contributed by atoms with Gasteiger partial charge in [-0.15, -0.1) is 0 Å². The maximum absolute atomic E-state index is 12.7. The topological polar surface area (TPSA) is 35.6 Å². The molecule has 2 saturated heterocycles. The van der Waals surface area contributed by atoms with E-state index in [0.29, 0.717) is 24.0 Å². The van der Waals surface area contributed by atoms with Crippen molar-refractivity contribution in [2.45, 2.75) is 89.8 Å². The van der Waals surface area contributed by atoms with E-state index in [1.807, 2.05) is 0 Å². The molecule has 0 aromatic rings. The van der Waals surface area contributed by atoms with Gasteiger partial charge in [0.05, 0.1) is 5.92 Å². The highest BCUT2D eigenvalue weighted by Crippen LogP contribution is 2.25. The predicted molar refractivity (Wildman–Crippen MR) is 99.0 cm³/mol. The molecule has 0 aromatic carbocycles. The standard InChI is InChI=1S/C20H37N3O/c1-16(2)22-13-10-19(11-14-22)23-12-6-7-17(15-23)20(24)21-18-8-4-3-5-9-18/h16-19H,3-15H2,1-2H3,(H,21,24). The predicted octanol–water partition coefficient (Wildman–Crippen LogP) is 3.02. The highest BCUT2D eigenvalue weighted by molar-refractivity contribution is 5.79. The second-order valence-corrected chi connectivity index (χ2v) is 8.54. The molecule has 1 N–H and O–H groups in total. The number of carbonyl (C=O) groups is 1. The molecule has 1 amide bonds. The summed E-state index contributed by atoms with van der Waals surface area (Å²) in [7, 11) is 0. The van der Waals surface area contributed by atoms with Crippen LogP contribution in [0.15, 0.2) is 0 Å². The Balaban J connectivity index is 1.46. The molecule has 4 heteroatoms.